The van der Waals surface area contributed by atoms with Gasteiger partial charge in [0, 0.05) is 6.54 Å². The van der Waals surface area contributed by atoms with E-state index in [2.05, 4.69) is 0 Å². The van der Waals surface area contributed by atoms with Gasteiger partial charge in [0.05, 0.1) is 5.69 Å². The van der Waals surface area contributed by atoms with Crippen LogP contribution in [0.4, 0.5) is 5.69 Å². The Labute approximate surface area is 108 Å². The van der Waals surface area contributed by atoms with Crippen molar-refractivity contribution in [3.05, 3.63) is 30.3 Å². The van der Waals surface area contributed by atoms with Crippen molar-refractivity contribution in [3.63, 3.8) is 0 Å². The van der Waals surface area contributed by atoms with E-state index in [0.29, 0.717) is 5.69 Å². The normalized spacial score (nSPS) is 20.7. The molecule has 2 heterocycles. The molecule has 0 aromatic heterocycles. The summed E-state index contributed by atoms with van der Waals surface area (Å²) in [4.78, 5) is 49.7. The lowest BCUT2D eigenvalue weighted by Crippen LogP contribution is -2.84. The second kappa shape index (κ2) is 3.50. The van der Waals surface area contributed by atoms with Gasteiger partial charge in [0.2, 0.25) is 0 Å². The minimum Gasteiger partial charge on any atom is -0.279 e. The van der Waals surface area contributed by atoms with Crippen molar-refractivity contribution in [2.45, 2.75) is 6.92 Å². The highest BCUT2D eigenvalue weighted by Crippen LogP contribution is 2.46. The molecule has 3 rings (SSSR count). The number of nitrogens with zero attached hydrogens (tertiary/aromatic N) is 2. The van der Waals surface area contributed by atoms with Crippen molar-refractivity contribution in [3.8, 4) is 0 Å². The molecule has 1 aromatic carbocycles. The third kappa shape index (κ3) is 1.07. The van der Waals surface area contributed by atoms with E-state index in [-0.39, 0.29) is 6.54 Å². The molecule has 2 fully saturated rings. The average molecular weight is 258 g/mol. The fourth-order valence-electron chi connectivity index (χ4n) is 2.47. The predicted octanol–water partition coefficient (Wildman–Crippen LogP) is -0.0651. The Bertz CT molecular complexity index is 589. The van der Waals surface area contributed by atoms with Crippen LogP contribution in [0.5, 0.6) is 0 Å². The van der Waals surface area contributed by atoms with Gasteiger partial charge in [0.1, 0.15) is 0 Å². The molecule has 2 aliphatic rings. The number of carbonyl (C=O) groups is 4. The minimum atomic E-state index is -2.08. The molecule has 2 aliphatic heterocycles. The molecular formula is C13H10N2O4. The number of benzene rings is 1. The molecule has 0 atom stereocenters. The molecule has 6 nitrogen and oxygen atoms in total. The van der Waals surface area contributed by atoms with Gasteiger partial charge >= 0.3 is 0 Å². The van der Waals surface area contributed by atoms with Crippen LogP contribution in [0.25, 0.3) is 0 Å². The van der Waals surface area contributed by atoms with Gasteiger partial charge in [-0.2, -0.15) is 0 Å². The van der Waals surface area contributed by atoms with Gasteiger partial charge < -0.3 is 0 Å². The number of β-lactam (4-membered cyclic amide) rings is 4. The van der Waals surface area contributed by atoms with Crippen molar-refractivity contribution in [1.29, 1.82) is 0 Å². The van der Waals surface area contributed by atoms with Crippen LogP contribution >= 0.6 is 0 Å². The van der Waals surface area contributed by atoms with Crippen LogP contribution in [0.3, 0.4) is 0 Å². The summed E-state index contributed by atoms with van der Waals surface area (Å²) < 4.78 is 0. The van der Waals surface area contributed by atoms with Gasteiger partial charge in [-0.3, -0.25) is 24.1 Å². The molecule has 96 valence electrons. The van der Waals surface area contributed by atoms with Crippen LogP contribution < -0.4 is 4.90 Å². The molecule has 0 unspecified atom stereocenters. The highest BCUT2D eigenvalue weighted by molar-refractivity contribution is 6.59. The summed E-state index contributed by atoms with van der Waals surface area (Å²) in [6.07, 6.45) is 0. The third-order valence-corrected chi connectivity index (χ3v) is 3.51. The van der Waals surface area contributed by atoms with E-state index in [1.165, 1.54) is 0 Å². The number of imide groups is 2. The molecule has 6 heteroatoms. The monoisotopic (exact) mass is 258 g/mol. The average Bonchev–Trinajstić information content (AvgIpc) is 2.41. The Balaban J connectivity index is 1.96. The van der Waals surface area contributed by atoms with E-state index < -0.39 is 29.0 Å². The van der Waals surface area contributed by atoms with E-state index in [9.17, 15) is 19.2 Å². The predicted molar refractivity (Wildman–Crippen MR) is 63.8 cm³/mol. The largest absolute Gasteiger partial charge is 0.285 e. The third-order valence-electron chi connectivity index (χ3n) is 3.51. The highest BCUT2D eigenvalue weighted by Gasteiger charge is 2.80. The second-order valence-electron chi connectivity index (χ2n) is 4.39. The zero-order valence-corrected chi connectivity index (χ0v) is 10.1. The second-order valence-corrected chi connectivity index (χ2v) is 4.39. The van der Waals surface area contributed by atoms with Crippen LogP contribution in [0.1, 0.15) is 6.92 Å². The fourth-order valence-corrected chi connectivity index (χ4v) is 2.47. The van der Waals surface area contributed by atoms with Gasteiger partial charge in [0.25, 0.3) is 29.0 Å². The molecule has 19 heavy (non-hydrogen) atoms. The molecule has 1 aromatic rings. The van der Waals surface area contributed by atoms with Crippen LogP contribution in [0, 0.1) is 5.41 Å². The quantitative estimate of drug-likeness (QED) is 0.550. The Morgan fingerprint density at radius 3 is 1.89 bits per heavy atom. The first-order valence-electron chi connectivity index (χ1n) is 5.87. The van der Waals surface area contributed by atoms with Gasteiger partial charge in [-0.1, -0.05) is 18.2 Å². The van der Waals surface area contributed by atoms with Crippen molar-refractivity contribution in [2.75, 3.05) is 11.4 Å². The first-order chi connectivity index (χ1) is 9.06. The van der Waals surface area contributed by atoms with Crippen LogP contribution in [0.15, 0.2) is 30.3 Å². The van der Waals surface area contributed by atoms with E-state index >= 15 is 0 Å². The van der Waals surface area contributed by atoms with Crippen LogP contribution in [-0.2, 0) is 19.2 Å². The summed E-state index contributed by atoms with van der Waals surface area (Å²) in [6, 6.07) is 8.24. The van der Waals surface area contributed by atoms with Gasteiger partial charge in [-0.15, -0.1) is 0 Å². The van der Waals surface area contributed by atoms with E-state index in [1.54, 1.807) is 37.3 Å². The summed E-state index contributed by atoms with van der Waals surface area (Å²) in [5.41, 5.74) is -1.70. The Hall–Kier alpha value is -2.50. The Morgan fingerprint density at radius 1 is 0.895 bits per heavy atom. The number of hydrogen-bond donors (Lipinski definition) is 0. The number of rotatable bonds is 2. The molecule has 0 aliphatic carbocycles. The SMILES string of the molecule is CCN1C(=O)C2(C1=O)C(=O)N(c1ccccc1)C2=O. The van der Waals surface area contributed by atoms with Crippen molar-refractivity contribution in [2.24, 2.45) is 5.41 Å². The lowest BCUT2D eigenvalue weighted by molar-refractivity contribution is -0.185. The van der Waals surface area contributed by atoms with Crippen molar-refractivity contribution >= 4 is 29.3 Å². The molecule has 0 N–H and O–H groups in total. The molecule has 4 amide bonds. The number of hydrogen-bond acceptors (Lipinski definition) is 4. The highest BCUT2D eigenvalue weighted by atomic mass is 16.2. The summed E-state index contributed by atoms with van der Waals surface area (Å²) >= 11 is 0. The first-order valence-corrected chi connectivity index (χ1v) is 5.87. The summed E-state index contributed by atoms with van der Waals surface area (Å²) in [6.45, 7) is 1.79. The number of carbonyl (C=O) groups excluding carboxylic acids is 4. The van der Waals surface area contributed by atoms with Crippen molar-refractivity contribution in [1.82, 2.24) is 4.90 Å². The minimum absolute atomic E-state index is 0.172. The van der Waals surface area contributed by atoms with Crippen molar-refractivity contribution < 1.29 is 19.2 Å². The van der Waals surface area contributed by atoms with Crippen LogP contribution in [0.2, 0.25) is 0 Å². The number of anilines is 1. The molecule has 0 saturated carbocycles. The maximum atomic E-state index is 12.1. The fraction of sp³-hybridized carbons (Fsp3) is 0.231. The Morgan fingerprint density at radius 2 is 1.42 bits per heavy atom. The first kappa shape index (κ1) is 11.6. The molecule has 0 radical (unpaired) electrons. The number of amides is 4. The van der Waals surface area contributed by atoms with E-state index in [0.717, 1.165) is 9.80 Å². The van der Waals surface area contributed by atoms with Gasteiger partial charge in [-0.25, -0.2) is 4.90 Å². The molecular weight excluding hydrogens is 248 g/mol. The topological polar surface area (TPSA) is 74.8 Å². The van der Waals surface area contributed by atoms with Gasteiger partial charge in [-0.05, 0) is 19.1 Å². The summed E-state index contributed by atoms with van der Waals surface area (Å²) in [5.74, 6) is -2.91. The lowest BCUT2D eigenvalue weighted by Gasteiger charge is -2.52. The zero-order chi connectivity index (χ0) is 13.8. The number of likely N-dealkylation sites (tertiary alicyclic amines) is 1. The molecule has 2 saturated heterocycles. The van der Waals surface area contributed by atoms with Gasteiger partial charge in [0.15, 0.2) is 0 Å². The maximum Gasteiger partial charge on any atom is 0.285 e. The summed E-state index contributed by atoms with van der Waals surface area (Å²) in [7, 11) is 0. The zero-order valence-electron chi connectivity index (χ0n) is 10.1. The standard InChI is InChI=1S/C13H10N2O4/c1-2-14-9(16)13(10(14)17)11(18)15(12(13)19)8-6-4-3-5-7-8/h3-7H,2H2,1H3. The summed E-state index contributed by atoms with van der Waals surface area (Å²) in [5, 5.41) is 0. The smallest absolute Gasteiger partial charge is 0.279 e. The molecule has 1 spiro atoms. The Kier molecular flexibility index (Phi) is 2.14. The molecule has 0 bridgehead atoms. The number of para-hydroxylation sites is 1. The maximum absolute atomic E-state index is 12.1. The van der Waals surface area contributed by atoms with E-state index in [4.69, 9.17) is 0 Å². The lowest BCUT2D eigenvalue weighted by atomic mass is 9.68. The van der Waals surface area contributed by atoms with Crippen LogP contribution in [-0.4, -0.2) is 35.1 Å². The van der Waals surface area contributed by atoms with E-state index in [1.807, 2.05) is 0 Å².